The second-order valence-electron chi connectivity index (χ2n) is 5.91. The maximum atomic E-state index is 4.63. The van der Waals surface area contributed by atoms with E-state index in [1.54, 1.807) is 0 Å². The summed E-state index contributed by atoms with van der Waals surface area (Å²) in [6.45, 7) is 0. The first-order chi connectivity index (χ1) is 11.8. The van der Waals surface area contributed by atoms with Crippen molar-refractivity contribution in [2.24, 2.45) is 0 Å². The van der Waals surface area contributed by atoms with Gasteiger partial charge in [0.2, 0.25) is 0 Å². The molecule has 0 unspecified atom stereocenters. The van der Waals surface area contributed by atoms with Crippen LogP contribution < -0.4 is 0 Å². The number of fused-ring (bicyclic) bond motifs is 8. The van der Waals surface area contributed by atoms with Crippen LogP contribution in [0.5, 0.6) is 0 Å². The maximum Gasteiger partial charge on any atom is 0.0658 e. The Kier molecular flexibility index (Phi) is 5.46. The molecule has 0 spiro atoms. The standard InChI is InChI=1S/C20H14N4.Ru.Zn/c1-2-14-10-16-5-6-18(23-16)12-20-8-7-19(24-20)11-17-4-3-15(22-17)9-13(1)21-14;;/h1-12,21,24H;;. The zero-order chi connectivity index (χ0) is 15.9. The molecule has 26 heavy (non-hydrogen) atoms. The summed E-state index contributed by atoms with van der Waals surface area (Å²) in [7, 11) is 0. The molecule has 6 heteroatoms. The summed E-state index contributed by atoms with van der Waals surface area (Å²) >= 11 is 0. The Bertz CT molecular complexity index is 996. The molecule has 2 N–H and O–H groups in total. The fraction of sp³-hybridized carbons (Fsp3) is 0. The van der Waals surface area contributed by atoms with Crippen LogP contribution in [0, 0.1) is 0 Å². The first-order valence-electron chi connectivity index (χ1n) is 7.85. The van der Waals surface area contributed by atoms with Gasteiger partial charge in [-0.25, -0.2) is 9.97 Å². The number of hydrogen-bond acceptors (Lipinski definition) is 2. The molecule has 0 fully saturated rings. The molecular formula is C20H14N4RuZn. The number of aromatic nitrogens is 4. The SMILES string of the molecule is C1=Cc2cc3ccc(cc4nc(cc5ccc(cc1n2)[nH]5)C=C4)[nH]3.[Ru].[Zn]. The number of nitrogens with one attached hydrogen (secondary N) is 2. The summed E-state index contributed by atoms with van der Waals surface area (Å²) in [4.78, 5) is 16.0. The quantitative estimate of drug-likeness (QED) is 0.320. The summed E-state index contributed by atoms with van der Waals surface area (Å²) in [5.74, 6) is 0. The van der Waals surface area contributed by atoms with Crippen LogP contribution in [-0.2, 0) is 39.0 Å². The smallest absolute Gasteiger partial charge is 0.0658 e. The largest absolute Gasteiger partial charge is 0.355 e. The van der Waals surface area contributed by atoms with Crippen molar-refractivity contribution in [3.8, 4) is 0 Å². The van der Waals surface area contributed by atoms with Gasteiger partial charge in [-0.3, -0.25) is 0 Å². The summed E-state index contributed by atoms with van der Waals surface area (Å²) in [5.41, 5.74) is 7.86. The molecule has 5 heterocycles. The third-order valence-corrected chi connectivity index (χ3v) is 4.04. The van der Waals surface area contributed by atoms with Gasteiger partial charge < -0.3 is 9.97 Å². The molecule has 3 aromatic heterocycles. The molecule has 0 radical (unpaired) electrons. The predicted octanol–water partition coefficient (Wildman–Crippen LogP) is 4.65. The molecule has 0 atom stereocenters. The molecule has 0 saturated carbocycles. The van der Waals surface area contributed by atoms with E-state index in [4.69, 9.17) is 0 Å². The van der Waals surface area contributed by atoms with Gasteiger partial charge >= 0.3 is 0 Å². The topological polar surface area (TPSA) is 57.4 Å². The summed E-state index contributed by atoms with van der Waals surface area (Å²) in [6.07, 6.45) is 8.09. The van der Waals surface area contributed by atoms with Gasteiger partial charge in [0.05, 0.1) is 22.8 Å². The fourth-order valence-electron chi connectivity index (χ4n) is 2.94. The Balaban J connectivity index is 0.000000980. The van der Waals surface area contributed by atoms with Crippen LogP contribution in [0.25, 0.3) is 46.4 Å². The number of aromatic amines is 2. The van der Waals surface area contributed by atoms with E-state index < -0.39 is 0 Å². The van der Waals surface area contributed by atoms with Crippen LogP contribution in [-0.4, -0.2) is 19.9 Å². The number of hydrogen-bond donors (Lipinski definition) is 2. The molecule has 3 aromatic rings. The van der Waals surface area contributed by atoms with Crippen molar-refractivity contribution >= 4 is 46.4 Å². The van der Waals surface area contributed by atoms with E-state index in [-0.39, 0.29) is 39.0 Å². The predicted molar refractivity (Wildman–Crippen MR) is 98.9 cm³/mol. The molecular weight excluding hydrogens is 463 g/mol. The summed E-state index contributed by atoms with van der Waals surface area (Å²) < 4.78 is 0. The van der Waals surface area contributed by atoms with Crippen LogP contribution in [0.15, 0.2) is 48.5 Å². The van der Waals surface area contributed by atoms with Crippen molar-refractivity contribution in [2.75, 3.05) is 0 Å². The average molecular weight is 477 g/mol. The molecule has 2 aliphatic rings. The van der Waals surface area contributed by atoms with Crippen LogP contribution in [0.4, 0.5) is 0 Å². The van der Waals surface area contributed by atoms with Gasteiger partial charge in [-0.1, -0.05) is 0 Å². The first kappa shape index (κ1) is 18.6. The summed E-state index contributed by atoms with van der Waals surface area (Å²) in [5, 5.41) is 0. The summed E-state index contributed by atoms with van der Waals surface area (Å²) in [6, 6.07) is 16.4. The van der Waals surface area contributed by atoms with E-state index in [1.165, 1.54) is 0 Å². The zero-order valence-electron chi connectivity index (χ0n) is 13.9. The van der Waals surface area contributed by atoms with E-state index in [1.807, 2.05) is 48.6 Å². The molecule has 0 aliphatic carbocycles. The van der Waals surface area contributed by atoms with Crippen molar-refractivity contribution in [1.29, 1.82) is 0 Å². The second kappa shape index (κ2) is 7.61. The van der Waals surface area contributed by atoms with Gasteiger partial charge in [-0.2, -0.15) is 0 Å². The Morgan fingerprint density at radius 1 is 0.500 bits per heavy atom. The van der Waals surface area contributed by atoms with Crippen molar-refractivity contribution in [3.63, 3.8) is 0 Å². The molecule has 124 valence electrons. The molecule has 4 nitrogen and oxygen atoms in total. The normalized spacial score (nSPS) is 11.7. The van der Waals surface area contributed by atoms with E-state index in [2.05, 4.69) is 44.2 Å². The number of H-pyrrole nitrogens is 2. The van der Waals surface area contributed by atoms with E-state index in [0.717, 1.165) is 44.8 Å². The van der Waals surface area contributed by atoms with Crippen molar-refractivity contribution in [3.05, 3.63) is 71.3 Å². The Morgan fingerprint density at radius 3 is 1.04 bits per heavy atom. The van der Waals surface area contributed by atoms with Crippen molar-refractivity contribution < 1.29 is 39.0 Å². The van der Waals surface area contributed by atoms with Gasteiger partial charge in [-0.15, -0.1) is 0 Å². The van der Waals surface area contributed by atoms with Crippen LogP contribution in [0.3, 0.4) is 0 Å². The molecule has 0 amide bonds. The maximum absolute atomic E-state index is 4.63. The van der Waals surface area contributed by atoms with Gasteiger partial charge in [0.1, 0.15) is 0 Å². The third-order valence-electron chi connectivity index (χ3n) is 4.04. The minimum absolute atomic E-state index is 0. The molecule has 5 rings (SSSR count). The van der Waals surface area contributed by atoms with Crippen LogP contribution >= 0.6 is 0 Å². The van der Waals surface area contributed by atoms with Gasteiger partial charge in [-0.05, 0) is 72.8 Å². The number of nitrogens with zero attached hydrogens (tertiary/aromatic N) is 2. The third kappa shape index (κ3) is 3.82. The second-order valence-corrected chi connectivity index (χ2v) is 5.91. The van der Waals surface area contributed by atoms with E-state index in [0.29, 0.717) is 0 Å². The first-order valence-corrected chi connectivity index (χ1v) is 7.85. The van der Waals surface area contributed by atoms with Crippen molar-refractivity contribution in [2.45, 2.75) is 0 Å². The monoisotopic (exact) mass is 476 g/mol. The van der Waals surface area contributed by atoms with Gasteiger partial charge in [0.15, 0.2) is 0 Å². The zero-order valence-corrected chi connectivity index (χ0v) is 18.6. The molecule has 2 aliphatic heterocycles. The van der Waals surface area contributed by atoms with Crippen LogP contribution in [0.1, 0.15) is 22.8 Å². The molecule has 0 aromatic carbocycles. The minimum atomic E-state index is 0. The Morgan fingerprint density at radius 2 is 0.769 bits per heavy atom. The Hall–Kier alpha value is -2.15. The molecule has 8 bridgehead atoms. The van der Waals surface area contributed by atoms with Crippen molar-refractivity contribution in [1.82, 2.24) is 19.9 Å². The Labute approximate surface area is 176 Å². The van der Waals surface area contributed by atoms with E-state index >= 15 is 0 Å². The minimum Gasteiger partial charge on any atom is -0.355 e. The molecule has 0 saturated heterocycles. The number of rotatable bonds is 0. The average Bonchev–Trinajstić information content (AvgIpc) is 3.32. The van der Waals surface area contributed by atoms with E-state index in [9.17, 15) is 0 Å². The fourth-order valence-corrected chi connectivity index (χ4v) is 2.94. The van der Waals surface area contributed by atoms with Gasteiger partial charge in [0, 0.05) is 61.0 Å². The van der Waals surface area contributed by atoms with Crippen LogP contribution in [0.2, 0.25) is 0 Å². The van der Waals surface area contributed by atoms with Gasteiger partial charge in [0.25, 0.3) is 0 Å².